The summed E-state index contributed by atoms with van der Waals surface area (Å²) >= 11 is 0. The van der Waals surface area contributed by atoms with Crippen LogP contribution < -0.4 is 5.32 Å². The molecule has 2 heterocycles. The molecule has 0 aromatic carbocycles. The standard InChI is InChI=1S/C11H16N4O/c1-9(3-6-16)13-7-10-8-14-11-12-4-2-5-15(10)11/h2,4-5,8-9,13,16H,3,6-7H2,1H3. The van der Waals surface area contributed by atoms with Crippen LogP contribution in [-0.2, 0) is 6.54 Å². The number of nitrogens with zero attached hydrogens (tertiary/aromatic N) is 3. The smallest absolute Gasteiger partial charge is 0.233 e. The minimum absolute atomic E-state index is 0.211. The van der Waals surface area contributed by atoms with Gasteiger partial charge in [-0.25, -0.2) is 9.97 Å². The van der Waals surface area contributed by atoms with Crippen molar-refractivity contribution in [2.24, 2.45) is 0 Å². The van der Waals surface area contributed by atoms with Gasteiger partial charge in [0.2, 0.25) is 5.78 Å². The normalized spacial score (nSPS) is 13.1. The molecule has 0 amide bonds. The van der Waals surface area contributed by atoms with E-state index in [2.05, 4.69) is 22.2 Å². The van der Waals surface area contributed by atoms with Crippen LogP contribution in [0.3, 0.4) is 0 Å². The lowest BCUT2D eigenvalue weighted by Gasteiger charge is -2.11. The fourth-order valence-electron chi connectivity index (χ4n) is 1.58. The number of fused-ring (bicyclic) bond motifs is 1. The average molecular weight is 220 g/mol. The summed E-state index contributed by atoms with van der Waals surface area (Å²) in [4.78, 5) is 8.35. The molecule has 1 unspecified atom stereocenters. The Morgan fingerprint density at radius 1 is 1.50 bits per heavy atom. The van der Waals surface area contributed by atoms with Gasteiger partial charge in [-0.05, 0) is 19.4 Å². The van der Waals surface area contributed by atoms with Gasteiger partial charge in [-0.2, -0.15) is 0 Å². The molecule has 0 saturated heterocycles. The number of aromatic nitrogens is 3. The molecule has 0 radical (unpaired) electrons. The highest BCUT2D eigenvalue weighted by atomic mass is 16.3. The number of aliphatic hydroxyl groups is 1. The quantitative estimate of drug-likeness (QED) is 0.774. The van der Waals surface area contributed by atoms with E-state index in [1.54, 1.807) is 6.20 Å². The van der Waals surface area contributed by atoms with Crippen LogP contribution in [0.5, 0.6) is 0 Å². The van der Waals surface area contributed by atoms with Crippen LogP contribution in [-0.4, -0.2) is 32.1 Å². The van der Waals surface area contributed by atoms with Gasteiger partial charge in [0.15, 0.2) is 0 Å². The van der Waals surface area contributed by atoms with Gasteiger partial charge in [0, 0.05) is 31.6 Å². The summed E-state index contributed by atoms with van der Waals surface area (Å²) in [5.41, 5.74) is 1.08. The third-order valence-corrected chi connectivity index (χ3v) is 2.56. The summed E-state index contributed by atoms with van der Waals surface area (Å²) in [6.07, 6.45) is 6.26. The maximum Gasteiger partial charge on any atom is 0.233 e. The van der Waals surface area contributed by atoms with Crippen LogP contribution in [0.2, 0.25) is 0 Å². The van der Waals surface area contributed by atoms with Crippen molar-refractivity contribution in [1.82, 2.24) is 19.7 Å². The zero-order valence-electron chi connectivity index (χ0n) is 9.30. The Morgan fingerprint density at radius 2 is 2.38 bits per heavy atom. The zero-order valence-corrected chi connectivity index (χ0v) is 9.30. The highest BCUT2D eigenvalue weighted by molar-refractivity contribution is 5.30. The monoisotopic (exact) mass is 220 g/mol. The third-order valence-electron chi connectivity index (χ3n) is 2.56. The van der Waals surface area contributed by atoms with Crippen LogP contribution in [0.4, 0.5) is 0 Å². The Kier molecular flexibility index (Phi) is 3.48. The van der Waals surface area contributed by atoms with Crippen LogP contribution >= 0.6 is 0 Å². The lowest BCUT2D eigenvalue weighted by Crippen LogP contribution is -2.26. The average Bonchev–Trinajstić information content (AvgIpc) is 2.70. The van der Waals surface area contributed by atoms with E-state index in [1.165, 1.54) is 0 Å². The van der Waals surface area contributed by atoms with Gasteiger partial charge in [0.1, 0.15) is 0 Å². The summed E-state index contributed by atoms with van der Waals surface area (Å²) in [5, 5.41) is 12.1. The fraction of sp³-hybridized carbons (Fsp3) is 0.455. The summed E-state index contributed by atoms with van der Waals surface area (Å²) < 4.78 is 1.96. The molecular weight excluding hydrogens is 204 g/mol. The van der Waals surface area contributed by atoms with E-state index >= 15 is 0 Å². The molecule has 0 aliphatic heterocycles. The van der Waals surface area contributed by atoms with Gasteiger partial charge in [-0.15, -0.1) is 0 Å². The first kappa shape index (κ1) is 11.0. The maximum atomic E-state index is 8.80. The van der Waals surface area contributed by atoms with Gasteiger partial charge in [0.25, 0.3) is 0 Å². The van der Waals surface area contributed by atoms with Gasteiger partial charge in [0.05, 0.1) is 11.9 Å². The summed E-state index contributed by atoms with van der Waals surface area (Å²) in [6.45, 7) is 2.99. The van der Waals surface area contributed by atoms with Gasteiger partial charge in [-0.3, -0.25) is 4.40 Å². The Balaban J connectivity index is 2.04. The Morgan fingerprint density at radius 3 is 3.19 bits per heavy atom. The molecular formula is C11H16N4O. The number of imidazole rings is 1. The Bertz CT molecular complexity index is 454. The van der Waals surface area contributed by atoms with E-state index in [0.29, 0.717) is 11.8 Å². The Hall–Kier alpha value is -1.46. The number of nitrogens with one attached hydrogen (secondary N) is 1. The molecule has 0 aliphatic carbocycles. The fourth-order valence-corrected chi connectivity index (χ4v) is 1.58. The molecule has 5 heteroatoms. The molecule has 2 aromatic rings. The minimum atomic E-state index is 0.211. The molecule has 1 atom stereocenters. The molecule has 0 fully saturated rings. The summed E-state index contributed by atoms with van der Waals surface area (Å²) in [6, 6.07) is 2.18. The van der Waals surface area contributed by atoms with Gasteiger partial charge in [-0.1, -0.05) is 0 Å². The first-order valence-corrected chi connectivity index (χ1v) is 5.42. The van der Waals surface area contributed by atoms with Crippen molar-refractivity contribution in [3.63, 3.8) is 0 Å². The van der Waals surface area contributed by atoms with Crippen molar-refractivity contribution in [3.8, 4) is 0 Å². The van der Waals surface area contributed by atoms with Crippen molar-refractivity contribution in [2.75, 3.05) is 6.61 Å². The molecule has 0 aliphatic rings. The SMILES string of the molecule is CC(CCO)NCc1cnc2ncccn12. The molecule has 2 aromatic heterocycles. The third kappa shape index (κ3) is 2.37. The number of rotatable bonds is 5. The highest BCUT2D eigenvalue weighted by Crippen LogP contribution is 2.03. The molecule has 0 spiro atoms. The zero-order chi connectivity index (χ0) is 11.4. The van der Waals surface area contributed by atoms with Crippen molar-refractivity contribution in [1.29, 1.82) is 0 Å². The van der Waals surface area contributed by atoms with Crippen molar-refractivity contribution >= 4 is 5.78 Å². The molecule has 16 heavy (non-hydrogen) atoms. The van der Waals surface area contributed by atoms with E-state index in [1.807, 2.05) is 22.9 Å². The molecule has 2 N–H and O–H groups in total. The van der Waals surface area contributed by atoms with Crippen LogP contribution in [0, 0.1) is 0 Å². The number of aliphatic hydroxyl groups excluding tert-OH is 1. The van der Waals surface area contributed by atoms with Crippen LogP contribution in [0.25, 0.3) is 5.78 Å². The van der Waals surface area contributed by atoms with Gasteiger partial charge >= 0.3 is 0 Å². The maximum absolute atomic E-state index is 8.80. The molecule has 2 rings (SSSR count). The highest BCUT2D eigenvalue weighted by Gasteiger charge is 2.05. The summed E-state index contributed by atoms with van der Waals surface area (Å²) in [5.74, 6) is 0.717. The first-order valence-electron chi connectivity index (χ1n) is 5.42. The lowest BCUT2D eigenvalue weighted by molar-refractivity contribution is 0.268. The van der Waals surface area contributed by atoms with E-state index in [9.17, 15) is 0 Å². The van der Waals surface area contributed by atoms with E-state index in [-0.39, 0.29) is 6.61 Å². The largest absolute Gasteiger partial charge is 0.396 e. The van der Waals surface area contributed by atoms with Crippen molar-refractivity contribution in [2.45, 2.75) is 25.9 Å². The van der Waals surface area contributed by atoms with Crippen molar-refractivity contribution in [3.05, 3.63) is 30.4 Å². The van der Waals surface area contributed by atoms with E-state index in [4.69, 9.17) is 5.11 Å². The topological polar surface area (TPSA) is 62.5 Å². The van der Waals surface area contributed by atoms with Crippen LogP contribution in [0.1, 0.15) is 19.0 Å². The second-order valence-electron chi connectivity index (χ2n) is 3.83. The van der Waals surface area contributed by atoms with Gasteiger partial charge < -0.3 is 10.4 Å². The molecule has 5 nitrogen and oxygen atoms in total. The van der Waals surface area contributed by atoms with Crippen molar-refractivity contribution < 1.29 is 5.11 Å². The Labute approximate surface area is 94.2 Å². The number of hydrogen-bond donors (Lipinski definition) is 2. The minimum Gasteiger partial charge on any atom is -0.396 e. The predicted molar refractivity (Wildman–Crippen MR) is 61.0 cm³/mol. The molecule has 86 valence electrons. The summed E-state index contributed by atoms with van der Waals surface area (Å²) in [7, 11) is 0. The second kappa shape index (κ2) is 5.05. The lowest BCUT2D eigenvalue weighted by atomic mass is 10.2. The van der Waals surface area contributed by atoms with Crippen LogP contribution in [0.15, 0.2) is 24.7 Å². The van der Waals surface area contributed by atoms with E-state index in [0.717, 1.165) is 18.7 Å². The molecule has 0 bridgehead atoms. The van der Waals surface area contributed by atoms with E-state index < -0.39 is 0 Å². The predicted octanol–water partition coefficient (Wildman–Crippen LogP) is 0.590. The second-order valence-corrected chi connectivity index (χ2v) is 3.83. The number of hydrogen-bond acceptors (Lipinski definition) is 4. The molecule has 0 saturated carbocycles. The first-order chi connectivity index (χ1) is 7.81.